The van der Waals surface area contributed by atoms with Gasteiger partial charge in [-0.25, -0.2) is 87.8 Å². The number of hydrogen-bond donors (Lipinski definition) is 0. The van der Waals surface area contributed by atoms with Crippen molar-refractivity contribution in [1.82, 2.24) is 4.98 Å². The molecular weight excluding hydrogens is 895 g/mol. The molecule has 0 N–H and O–H groups in total. The molecule has 0 amide bonds. The number of methoxy groups -OCH3 is 1. The molecule has 0 atom stereocenters. The van der Waals surface area contributed by atoms with Crippen molar-refractivity contribution < 1.29 is 102 Å². The Hall–Kier alpha value is -6.69. The Morgan fingerprint density at radius 3 is 0.919 bits per heavy atom. The molecule has 0 radical (unpaired) electrons. The van der Waals surface area contributed by atoms with E-state index in [1.165, 1.54) is 0 Å². The second kappa shape index (κ2) is 17.4. The fourth-order valence-electron chi connectivity index (χ4n) is 6.36. The fraction of sp³-hybridized carbons (Fsp3) is 0.0541. The maximum absolute atomic E-state index is 15.4. The Labute approximate surface area is 331 Å². The van der Waals surface area contributed by atoms with Gasteiger partial charge in [-0.3, -0.25) is 9.78 Å². The van der Waals surface area contributed by atoms with E-state index in [2.05, 4.69) is 4.98 Å². The molecule has 1 aromatic heterocycles. The van der Waals surface area contributed by atoms with Crippen LogP contribution in [0.2, 0.25) is 0 Å². The first-order chi connectivity index (χ1) is 29.0. The minimum atomic E-state index is -7.22. The zero-order valence-electron chi connectivity index (χ0n) is 29.7. The average molecular weight is 908 g/mol. The van der Waals surface area contributed by atoms with Gasteiger partial charge in [0.2, 0.25) is 12.3 Å². The normalized spacial score (nSPS) is 11.4. The minimum absolute atomic E-state index is 0.0591. The van der Waals surface area contributed by atoms with E-state index < -0.39 is 144 Å². The van der Waals surface area contributed by atoms with Gasteiger partial charge in [0, 0.05) is 5.56 Å². The predicted molar refractivity (Wildman–Crippen MR) is 171 cm³/mol. The van der Waals surface area contributed by atoms with Crippen LogP contribution in [0.1, 0.15) is 10.4 Å². The molecule has 326 valence electrons. The van der Waals surface area contributed by atoms with E-state index in [4.69, 9.17) is 4.74 Å². The van der Waals surface area contributed by atoms with E-state index in [1.807, 2.05) is 0 Å². The van der Waals surface area contributed by atoms with E-state index in [0.717, 1.165) is 5.75 Å². The largest absolute Gasteiger partial charge is 0.497 e. The van der Waals surface area contributed by atoms with Crippen LogP contribution >= 0.6 is 0 Å². The maximum Gasteiger partial charge on any atom is 0.227 e. The molecule has 0 aliphatic rings. The molecule has 0 aliphatic heterocycles. The molecule has 0 saturated carbocycles. The van der Waals surface area contributed by atoms with Crippen LogP contribution in [0.3, 0.4) is 0 Å². The first-order valence-corrected chi connectivity index (χ1v) is 16.2. The van der Waals surface area contributed by atoms with Gasteiger partial charge in [-0.15, -0.1) is 21.9 Å². The smallest absolute Gasteiger partial charge is 0.227 e. The number of benzene rings is 5. The Kier molecular flexibility index (Phi) is 13.0. The van der Waals surface area contributed by atoms with Crippen molar-refractivity contribution in [2.24, 2.45) is 0 Å². The van der Waals surface area contributed by atoms with Crippen LogP contribution < -0.4 is 31.2 Å². The van der Waals surface area contributed by atoms with Crippen molar-refractivity contribution in [1.29, 1.82) is 0 Å². The number of Topliss-reactive ketones (excluding diaryl/α,β-unsaturated/α-hetero) is 1. The molecule has 62 heavy (non-hydrogen) atoms. The summed E-state index contributed by atoms with van der Waals surface area (Å²) in [5.41, 5.74) is -13.7. The third-order valence-corrected chi connectivity index (χ3v) is 9.13. The molecule has 0 bridgehead atoms. The van der Waals surface area contributed by atoms with Gasteiger partial charge < -0.3 is 4.74 Å². The van der Waals surface area contributed by atoms with Crippen LogP contribution in [0.15, 0.2) is 49.1 Å². The quantitative estimate of drug-likeness (QED) is 0.0409. The van der Waals surface area contributed by atoms with E-state index in [0.29, 0.717) is 12.1 Å². The first-order valence-electron chi connectivity index (χ1n) is 16.2. The van der Waals surface area contributed by atoms with Gasteiger partial charge in [-0.1, -0.05) is 0 Å². The van der Waals surface area contributed by atoms with Crippen molar-refractivity contribution >= 4 is 33.8 Å². The lowest BCUT2D eigenvalue weighted by molar-refractivity contribution is -0.683. The Morgan fingerprint density at radius 2 is 0.677 bits per heavy atom. The average Bonchev–Trinajstić information content (AvgIpc) is 3.26. The Morgan fingerprint density at radius 1 is 0.435 bits per heavy atom. The highest BCUT2D eigenvalue weighted by Gasteiger charge is 2.52. The van der Waals surface area contributed by atoms with Crippen LogP contribution in [0.4, 0.5) is 87.8 Å². The number of ketones is 1. The van der Waals surface area contributed by atoms with E-state index >= 15 is 35.1 Å². The van der Waals surface area contributed by atoms with Gasteiger partial charge in [0.1, 0.15) is 58.4 Å². The van der Waals surface area contributed by atoms with Crippen molar-refractivity contribution in [3.63, 3.8) is 0 Å². The van der Waals surface area contributed by atoms with E-state index in [1.54, 1.807) is 60.7 Å². The summed E-state index contributed by atoms with van der Waals surface area (Å²) < 4.78 is 301. The summed E-state index contributed by atoms with van der Waals surface area (Å²) in [6, 6.07) is 7.10. The van der Waals surface area contributed by atoms with Crippen LogP contribution in [0.5, 0.6) is 5.75 Å². The molecule has 0 aliphatic carbocycles. The third kappa shape index (κ3) is 7.31. The van der Waals surface area contributed by atoms with Crippen molar-refractivity contribution in [3.05, 3.63) is 171 Å². The lowest BCUT2D eigenvalue weighted by Crippen LogP contribution is -2.81. The van der Waals surface area contributed by atoms with Gasteiger partial charge in [-0.2, -0.15) is 4.57 Å². The predicted octanol–water partition coefficient (Wildman–Crippen LogP) is 7.11. The number of nitrogens with zero attached hydrogens (tertiary/aromatic N) is 2. The topological polar surface area (TPSA) is 43.1 Å². The third-order valence-electron chi connectivity index (χ3n) is 9.13. The summed E-state index contributed by atoms with van der Waals surface area (Å²) in [5.74, 6) is -70.6. The molecule has 0 saturated heterocycles. The van der Waals surface area contributed by atoms with Gasteiger partial charge in [0.05, 0.1) is 19.5 Å². The zero-order valence-corrected chi connectivity index (χ0v) is 29.7. The summed E-state index contributed by atoms with van der Waals surface area (Å²) in [5, 5.41) is 0. The molecule has 6 aromatic rings. The van der Waals surface area contributed by atoms with Crippen molar-refractivity contribution in [3.8, 4) is 5.75 Å². The van der Waals surface area contributed by atoms with E-state index in [9.17, 15) is 57.5 Å². The number of hydrogen-bond acceptors (Lipinski definition) is 3. The molecule has 25 heteroatoms. The van der Waals surface area contributed by atoms with Crippen LogP contribution in [0.25, 0.3) is 0 Å². The summed E-state index contributed by atoms with van der Waals surface area (Å²) in [7, 11) is 1.60. The summed E-state index contributed by atoms with van der Waals surface area (Å²) in [6.07, 6.45) is -0.378. The van der Waals surface area contributed by atoms with Crippen LogP contribution in [-0.4, -0.2) is 24.0 Å². The molecule has 5 aromatic carbocycles. The van der Waals surface area contributed by atoms with Crippen molar-refractivity contribution in [2.45, 2.75) is 6.54 Å². The van der Waals surface area contributed by atoms with Gasteiger partial charge >= 0.3 is 0 Å². The lowest BCUT2D eigenvalue weighted by Gasteiger charge is -2.44. The molecule has 0 spiro atoms. The van der Waals surface area contributed by atoms with Crippen LogP contribution in [-0.2, 0) is 6.54 Å². The van der Waals surface area contributed by atoms with Crippen molar-refractivity contribution in [2.75, 3.05) is 7.11 Å². The SMILES string of the molecule is COc1ccc(C(=O)C[n+]2ccncc2)cc1.Fc1c(F)c(F)c([B-](c2c(F)c(F)c(F)c(F)c2F)(c2c(F)c(F)c(F)c(F)c2F)c2c(F)c(F)c(F)c(F)c2F)c(F)c1F. The molecule has 0 unspecified atom stereocenters. The van der Waals surface area contributed by atoms with Crippen LogP contribution in [0, 0.1) is 116 Å². The van der Waals surface area contributed by atoms with Gasteiger partial charge in [0.15, 0.2) is 82.2 Å². The molecular formula is C37H13BF20N2O2. The Bertz CT molecular complexity index is 2390. The number of carbonyl (C=O) groups is 1. The minimum Gasteiger partial charge on any atom is -0.497 e. The van der Waals surface area contributed by atoms with Gasteiger partial charge in [0.25, 0.3) is 0 Å². The van der Waals surface area contributed by atoms with Gasteiger partial charge in [-0.05, 0) is 24.3 Å². The highest BCUT2D eigenvalue weighted by molar-refractivity contribution is 7.20. The number of halogens is 20. The molecule has 4 nitrogen and oxygen atoms in total. The summed E-state index contributed by atoms with van der Waals surface area (Å²) in [4.78, 5) is 15.8. The lowest BCUT2D eigenvalue weighted by atomic mass is 9.12. The fourth-order valence-corrected chi connectivity index (χ4v) is 6.36. The summed E-state index contributed by atoms with van der Waals surface area (Å²) >= 11 is 0. The van der Waals surface area contributed by atoms with E-state index in [-0.39, 0.29) is 5.78 Å². The summed E-state index contributed by atoms with van der Waals surface area (Å²) in [6.45, 7) is 0.314. The second-order valence-electron chi connectivity index (χ2n) is 12.4. The Balaban J connectivity index is 0.000000355. The number of aromatic nitrogens is 2. The zero-order chi connectivity index (χ0) is 46.4. The molecule has 6 rings (SSSR count). The number of carbonyl (C=O) groups excluding carboxylic acids is 1. The number of ether oxygens (including phenoxy) is 1. The highest BCUT2D eigenvalue weighted by Crippen LogP contribution is 2.30. The molecule has 0 fully saturated rings. The monoisotopic (exact) mass is 908 g/mol. The standard InChI is InChI=1S/C24BF20.C13H13N2O2/c26-5-1(6(27)14(35)21(42)13(5)34)25(2-7(28)15(36)22(43)16(37)8(2)29,3-9(30)17(38)23(44)18(39)10(3)31)4-11(32)19(40)24(45)20(41)12(4)33;1-17-12-4-2-11(3-5-12)13(16)10-15-8-6-14-7-9-15/h;2-9H,10H2,1H3/q-1;+1. The number of rotatable bonds is 8. The molecule has 1 heterocycles. The highest BCUT2D eigenvalue weighted by atomic mass is 19.2. The first kappa shape index (κ1) is 46.4. The second-order valence-corrected chi connectivity index (χ2v) is 12.4. The maximum atomic E-state index is 15.4.